The molecule has 3 heteroatoms. The Balaban J connectivity index is 0. The topological polar surface area (TPSA) is 57.5 Å². The molecule has 0 atom stereocenters. The van der Waals surface area contributed by atoms with Crippen molar-refractivity contribution in [2.45, 2.75) is 13.3 Å². The molecular formula is C5H9O3. The summed E-state index contributed by atoms with van der Waals surface area (Å²) in [6, 6.07) is 0. The monoisotopic (exact) mass is 117 g/mol. The summed E-state index contributed by atoms with van der Waals surface area (Å²) < 4.78 is 0. The van der Waals surface area contributed by atoms with E-state index in [0.717, 1.165) is 6.42 Å². The van der Waals surface area contributed by atoms with Crippen LogP contribution in [-0.2, 0) is 0 Å². The third-order valence-electron chi connectivity index (χ3n) is 0.236. The first kappa shape index (κ1) is 10.1. The van der Waals surface area contributed by atoms with Gasteiger partial charge >= 0.3 is 6.16 Å². The highest BCUT2D eigenvalue weighted by Gasteiger charge is 1.70. The summed E-state index contributed by atoms with van der Waals surface area (Å²) in [5.74, 6) is 0. The van der Waals surface area contributed by atoms with Crippen LogP contribution in [0.25, 0.3) is 0 Å². The summed E-state index contributed by atoms with van der Waals surface area (Å²) in [4.78, 5) is 8.56. The van der Waals surface area contributed by atoms with E-state index in [4.69, 9.17) is 21.6 Å². The number of rotatable bonds is 1. The Morgan fingerprint density at radius 2 is 1.88 bits per heavy atom. The van der Waals surface area contributed by atoms with Crippen LogP contribution in [0.5, 0.6) is 0 Å². The summed E-state index contributed by atoms with van der Waals surface area (Å²) in [5.41, 5.74) is 0. The van der Waals surface area contributed by atoms with E-state index >= 15 is 0 Å². The van der Waals surface area contributed by atoms with Crippen molar-refractivity contribution >= 4 is 6.16 Å². The largest absolute Gasteiger partial charge is 0.503 e. The van der Waals surface area contributed by atoms with Gasteiger partial charge in [-0.15, -0.1) is 0 Å². The fourth-order valence-electron chi connectivity index (χ4n) is 0. The van der Waals surface area contributed by atoms with Crippen LogP contribution in [-0.4, -0.2) is 16.4 Å². The first-order chi connectivity index (χ1) is 3.65. The fourth-order valence-corrected chi connectivity index (χ4v) is 0. The van der Waals surface area contributed by atoms with E-state index in [9.17, 15) is 0 Å². The van der Waals surface area contributed by atoms with E-state index in [1.54, 1.807) is 6.08 Å². The van der Waals surface area contributed by atoms with Crippen molar-refractivity contribution in [3.63, 3.8) is 0 Å². The summed E-state index contributed by atoms with van der Waals surface area (Å²) in [5, 5.41) is 13.9. The van der Waals surface area contributed by atoms with Crippen LogP contribution in [0, 0.1) is 6.58 Å². The number of hydrogen-bond donors (Lipinski definition) is 2. The zero-order chi connectivity index (χ0) is 6.99. The maximum atomic E-state index is 8.56. The molecule has 0 spiro atoms. The summed E-state index contributed by atoms with van der Waals surface area (Å²) in [7, 11) is 0. The second-order valence-corrected chi connectivity index (χ2v) is 0.927. The second kappa shape index (κ2) is 9.38. The van der Waals surface area contributed by atoms with Crippen LogP contribution in [0.15, 0.2) is 6.08 Å². The molecule has 0 unspecified atom stereocenters. The molecule has 8 heavy (non-hydrogen) atoms. The Labute approximate surface area is 48.3 Å². The SMILES string of the molecule is O=C(O)O.[CH]=CCC. The Kier molecular flexibility index (Phi) is 11.8. The molecule has 0 aromatic carbocycles. The van der Waals surface area contributed by atoms with Gasteiger partial charge in [0.05, 0.1) is 0 Å². The van der Waals surface area contributed by atoms with Crippen LogP contribution < -0.4 is 0 Å². The van der Waals surface area contributed by atoms with Gasteiger partial charge in [0.2, 0.25) is 0 Å². The maximum Gasteiger partial charge on any atom is 0.503 e. The number of allylic oxidation sites excluding steroid dienone is 1. The van der Waals surface area contributed by atoms with Gasteiger partial charge < -0.3 is 10.2 Å². The molecule has 47 valence electrons. The van der Waals surface area contributed by atoms with Crippen molar-refractivity contribution in [2.24, 2.45) is 0 Å². The molecule has 0 aliphatic heterocycles. The average Bonchev–Trinajstić information content (AvgIpc) is 1.65. The lowest BCUT2D eigenvalue weighted by molar-refractivity contribution is 0.137. The molecule has 0 bridgehead atoms. The zero-order valence-electron chi connectivity index (χ0n) is 4.66. The molecule has 0 aliphatic rings. The summed E-state index contributed by atoms with van der Waals surface area (Å²) in [6.45, 7) is 6.90. The highest BCUT2D eigenvalue weighted by molar-refractivity contribution is 5.53. The quantitative estimate of drug-likeness (QED) is 0.548. The van der Waals surface area contributed by atoms with Gasteiger partial charge in [-0.2, -0.15) is 0 Å². The van der Waals surface area contributed by atoms with Gasteiger partial charge in [-0.1, -0.05) is 19.6 Å². The Bertz CT molecular complexity index is 64.1. The first-order valence-electron chi connectivity index (χ1n) is 2.10. The van der Waals surface area contributed by atoms with Gasteiger partial charge in [-0.05, 0) is 6.42 Å². The summed E-state index contributed by atoms with van der Waals surface area (Å²) >= 11 is 0. The molecule has 0 aromatic heterocycles. The molecule has 2 N–H and O–H groups in total. The maximum absolute atomic E-state index is 8.56. The first-order valence-corrected chi connectivity index (χ1v) is 2.10. The van der Waals surface area contributed by atoms with E-state index in [0.29, 0.717) is 0 Å². The number of carbonyl (C=O) groups is 1. The van der Waals surface area contributed by atoms with Crippen molar-refractivity contribution in [3.05, 3.63) is 12.7 Å². The van der Waals surface area contributed by atoms with Gasteiger partial charge in [-0.25, -0.2) is 4.79 Å². The molecule has 3 nitrogen and oxygen atoms in total. The van der Waals surface area contributed by atoms with Crippen molar-refractivity contribution < 1.29 is 15.0 Å². The Hall–Kier alpha value is -0.990. The lowest BCUT2D eigenvalue weighted by Crippen LogP contribution is -1.81. The van der Waals surface area contributed by atoms with Crippen LogP contribution in [0.2, 0.25) is 0 Å². The van der Waals surface area contributed by atoms with Crippen LogP contribution in [0.4, 0.5) is 4.79 Å². The molecular weight excluding hydrogens is 108 g/mol. The molecule has 0 fully saturated rings. The van der Waals surface area contributed by atoms with E-state index in [1.807, 2.05) is 6.92 Å². The molecule has 0 amide bonds. The van der Waals surface area contributed by atoms with E-state index < -0.39 is 6.16 Å². The van der Waals surface area contributed by atoms with Gasteiger partial charge in [0.15, 0.2) is 0 Å². The molecule has 0 aromatic rings. The van der Waals surface area contributed by atoms with E-state index in [1.165, 1.54) is 0 Å². The van der Waals surface area contributed by atoms with E-state index in [-0.39, 0.29) is 0 Å². The van der Waals surface area contributed by atoms with Gasteiger partial charge in [0.25, 0.3) is 0 Å². The van der Waals surface area contributed by atoms with Crippen LogP contribution in [0.3, 0.4) is 0 Å². The van der Waals surface area contributed by atoms with Gasteiger partial charge in [0.1, 0.15) is 0 Å². The molecule has 0 saturated heterocycles. The zero-order valence-corrected chi connectivity index (χ0v) is 4.66. The second-order valence-electron chi connectivity index (χ2n) is 0.927. The van der Waals surface area contributed by atoms with Crippen molar-refractivity contribution in [2.75, 3.05) is 0 Å². The predicted octanol–water partition coefficient (Wildman–Crippen LogP) is 1.61. The molecule has 1 radical (unpaired) electrons. The molecule has 0 rings (SSSR count). The van der Waals surface area contributed by atoms with Crippen molar-refractivity contribution in [1.82, 2.24) is 0 Å². The van der Waals surface area contributed by atoms with E-state index in [2.05, 4.69) is 0 Å². The van der Waals surface area contributed by atoms with Crippen LogP contribution in [0.1, 0.15) is 13.3 Å². The smallest absolute Gasteiger partial charge is 0.450 e. The third kappa shape index (κ3) is 806000. The highest BCUT2D eigenvalue weighted by atomic mass is 16.6. The van der Waals surface area contributed by atoms with Crippen molar-refractivity contribution in [3.8, 4) is 0 Å². The standard InChI is InChI=1S/C4H7.CH2O3/c1-3-4-2;2-1(3)4/h1,3H,4H2,2H3;(H2,2,3,4). The minimum atomic E-state index is -1.83. The van der Waals surface area contributed by atoms with Crippen molar-refractivity contribution in [1.29, 1.82) is 0 Å². The summed E-state index contributed by atoms with van der Waals surface area (Å²) in [6.07, 6.45) is 0.764. The molecule has 0 aliphatic carbocycles. The third-order valence-corrected chi connectivity index (χ3v) is 0.236. The Morgan fingerprint density at radius 3 is 1.88 bits per heavy atom. The predicted molar refractivity (Wildman–Crippen MR) is 29.8 cm³/mol. The van der Waals surface area contributed by atoms with Crippen LogP contribution >= 0.6 is 0 Å². The average molecular weight is 117 g/mol. The normalized spacial score (nSPS) is 6.12. The highest BCUT2D eigenvalue weighted by Crippen LogP contribution is 1.65. The fraction of sp³-hybridized carbons (Fsp3) is 0.400. The van der Waals surface area contributed by atoms with Gasteiger partial charge in [-0.3, -0.25) is 0 Å². The number of hydrogen-bond acceptors (Lipinski definition) is 1. The minimum Gasteiger partial charge on any atom is -0.450 e. The lowest BCUT2D eigenvalue weighted by atomic mass is 10.5. The lowest BCUT2D eigenvalue weighted by Gasteiger charge is -1.60. The molecule has 0 saturated carbocycles. The Morgan fingerprint density at radius 1 is 1.75 bits per heavy atom. The number of carboxylic acid groups (broad SMARTS) is 2. The minimum absolute atomic E-state index is 0.972. The molecule has 0 heterocycles. The van der Waals surface area contributed by atoms with Gasteiger partial charge in [0, 0.05) is 0 Å².